The zero-order chi connectivity index (χ0) is 15.3. The van der Waals surface area contributed by atoms with Crippen LogP contribution in [0.25, 0.3) is 5.52 Å². The smallest absolute Gasteiger partial charge is 0.0709 e. The van der Waals surface area contributed by atoms with Gasteiger partial charge in [0.25, 0.3) is 0 Å². The molecule has 0 aliphatic carbocycles. The lowest BCUT2D eigenvalue weighted by Crippen LogP contribution is -2.27. The number of nitrogens with one attached hydrogen (secondary N) is 1. The summed E-state index contributed by atoms with van der Waals surface area (Å²) in [4.78, 5) is 0. The zero-order valence-corrected chi connectivity index (χ0v) is 13.6. The van der Waals surface area contributed by atoms with Gasteiger partial charge in [-0.1, -0.05) is 13.0 Å². The SMILES string of the molecule is CCCNC(CCC(C)(C)OC)c1cnn2ccccc12. The molecule has 0 saturated heterocycles. The fourth-order valence-corrected chi connectivity index (χ4v) is 2.50. The highest BCUT2D eigenvalue weighted by molar-refractivity contribution is 5.54. The third-order valence-corrected chi connectivity index (χ3v) is 4.06. The van der Waals surface area contributed by atoms with E-state index in [1.807, 2.05) is 23.0 Å². The summed E-state index contributed by atoms with van der Waals surface area (Å²) in [5.41, 5.74) is 2.37. The van der Waals surface area contributed by atoms with Crippen molar-refractivity contribution in [2.75, 3.05) is 13.7 Å². The van der Waals surface area contributed by atoms with Gasteiger partial charge in [-0.05, 0) is 51.8 Å². The van der Waals surface area contributed by atoms with E-state index in [4.69, 9.17) is 4.74 Å². The molecule has 0 saturated carbocycles. The molecule has 2 heterocycles. The van der Waals surface area contributed by atoms with Crippen molar-refractivity contribution in [3.63, 3.8) is 0 Å². The molecule has 0 aliphatic heterocycles. The van der Waals surface area contributed by atoms with Crippen LogP contribution in [-0.2, 0) is 4.74 Å². The summed E-state index contributed by atoms with van der Waals surface area (Å²) in [6.45, 7) is 7.49. The average molecular weight is 289 g/mol. The average Bonchev–Trinajstić information content (AvgIpc) is 2.91. The van der Waals surface area contributed by atoms with Gasteiger partial charge in [0.1, 0.15) is 0 Å². The minimum Gasteiger partial charge on any atom is -0.379 e. The highest BCUT2D eigenvalue weighted by Gasteiger charge is 2.21. The normalized spacial score (nSPS) is 13.7. The first kappa shape index (κ1) is 16.0. The summed E-state index contributed by atoms with van der Waals surface area (Å²) in [5.74, 6) is 0. The number of ether oxygens (including phenoxy) is 1. The maximum absolute atomic E-state index is 5.55. The van der Waals surface area contributed by atoms with Gasteiger partial charge in [-0.3, -0.25) is 0 Å². The highest BCUT2D eigenvalue weighted by atomic mass is 16.5. The number of pyridine rings is 1. The van der Waals surface area contributed by atoms with Gasteiger partial charge >= 0.3 is 0 Å². The number of hydrogen-bond donors (Lipinski definition) is 1. The van der Waals surface area contributed by atoms with Crippen LogP contribution in [0.1, 0.15) is 51.6 Å². The third kappa shape index (κ3) is 4.05. The Morgan fingerprint density at radius 1 is 1.38 bits per heavy atom. The van der Waals surface area contributed by atoms with E-state index in [-0.39, 0.29) is 5.60 Å². The molecule has 4 nitrogen and oxygen atoms in total. The third-order valence-electron chi connectivity index (χ3n) is 4.06. The Balaban J connectivity index is 2.19. The van der Waals surface area contributed by atoms with E-state index < -0.39 is 0 Å². The second-order valence-corrected chi connectivity index (χ2v) is 6.14. The van der Waals surface area contributed by atoms with Gasteiger partial charge in [-0.2, -0.15) is 5.10 Å². The fourth-order valence-electron chi connectivity index (χ4n) is 2.50. The number of rotatable bonds is 8. The summed E-state index contributed by atoms with van der Waals surface area (Å²) in [5, 5.41) is 8.11. The topological polar surface area (TPSA) is 38.6 Å². The number of hydrogen-bond acceptors (Lipinski definition) is 3. The van der Waals surface area contributed by atoms with Crippen molar-refractivity contribution < 1.29 is 4.74 Å². The molecule has 0 spiro atoms. The van der Waals surface area contributed by atoms with Crippen LogP contribution >= 0.6 is 0 Å². The maximum Gasteiger partial charge on any atom is 0.0709 e. The van der Waals surface area contributed by atoms with Gasteiger partial charge in [0.2, 0.25) is 0 Å². The van der Waals surface area contributed by atoms with Crippen molar-refractivity contribution in [3.8, 4) is 0 Å². The summed E-state index contributed by atoms with van der Waals surface area (Å²) in [6, 6.07) is 6.52. The zero-order valence-electron chi connectivity index (χ0n) is 13.6. The van der Waals surface area contributed by atoms with Crippen molar-refractivity contribution in [1.29, 1.82) is 0 Å². The standard InChI is InChI=1S/C17H27N3O/c1-5-11-18-15(9-10-17(2,3)21-4)14-13-19-20-12-7-6-8-16(14)20/h6-8,12-13,15,18H,5,9-11H2,1-4H3. The summed E-state index contributed by atoms with van der Waals surface area (Å²) < 4.78 is 7.49. The van der Waals surface area contributed by atoms with E-state index in [0.717, 1.165) is 25.8 Å². The van der Waals surface area contributed by atoms with Crippen LogP contribution in [0.3, 0.4) is 0 Å². The van der Waals surface area contributed by atoms with Crippen LogP contribution in [0.15, 0.2) is 30.6 Å². The van der Waals surface area contributed by atoms with Crippen molar-refractivity contribution in [2.45, 2.75) is 51.7 Å². The first-order valence-corrected chi connectivity index (χ1v) is 7.78. The molecule has 0 radical (unpaired) electrons. The molecule has 2 aromatic rings. The number of nitrogens with zero attached hydrogens (tertiary/aromatic N) is 2. The first-order chi connectivity index (χ1) is 10.1. The predicted octanol–water partition coefficient (Wildman–Crippen LogP) is 3.58. The molecule has 1 atom stereocenters. The van der Waals surface area contributed by atoms with Crippen LogP contribution in [0, 0.1) is 0 Å². The summed E-state index contributed by atoms with van der Waals surface area (Å²) >= 11 is 0. The molecule has 0 aliphatic rings. The summed E-state index contributed by atoms with van der Waals surface area (Å²) in [7, 11) is 1.78. The lowest BCUT2D eigenvalue weighted by Gasteiger charge is -2.26. The maximum atomic E-state index is 5.55. The lowest BCUT2D eigenvalue weighted by atomic mass is 9.95. The molecule has 0 fully saturated rings. The predicted molar refractivity (Wildman–Crippen MR) is 86.5 cm³/mol. The van der Waals surface area contributed by atoms with Gasteiger partial charge in [0.05, 0.1) is 17.3 Å². The largest absolute Gasteiger partial charge is 0.379 e. The molecule has 2 rings (SSSR count). The Morgan fingerprint density at radius 2 is 2.19 bits per heavy atom. The van der Waals surface area contributed by atoms with Crippen LogP contribution in [0.2, 0.25) is 0 Å². The molecule has 1 unspecified atom stereocenters. The van der Waals surface area contributed by atoms with Crippen LogP contribution in [0.5, 0.6) is 0 Å². The van der Waals surface area contributed by atoms with Gasteiger partial charge in [-0.25, -0.2) is 4.52 Å². The van der Waals surface area contributed by atoms with Gasteiger partial charge in [-0.15, -0.1) is 0 Å². The lowest BCUT2D eigenvalue weighted by molar-refractivity contribution is 0.0117. The van der Waals surface area contributed by atoms with E-state index in [0.29, 0.717) is 6.04 Å². The first-order valence-electron chi connectivity index (χ1n) is 7.78. The fraction of sp³-hybridized carbons (Fsp3) is 0.588. The minimum absolute atomic E-state index is 0.0882. The molecule has 0 amide bonds. The Kier molecular flexibility index (Phi) is 5.37. The second-order valence-electron chi connectivity index (χ2n) is 6.14. The van der Waals surface area contributed by atoms with E-state index in [1.165, 1.54) is 11.1 Å². The second kappa shape index (κ2) is 7.05. The van der Waals surface area contributed by atoms with Crippen LogP contribution in [-0.4, -0.2) is 28.9 Å². The molecular formula is C17H27N3O. The minimum atomic E-state index is -0.0882. The quantitative estimate of drug-likeness (QED) is 0.807. The molecule has 0 bridgehead atoms. The Morgan fingerprint density at radius 3 is 2.90 bits per heavy atom. The van der Waals surface area contributed by atoms with Crippen LogP contribution in [0.4, 0.5) is 0 Å². The Bertz CT molecular complexity index is 562. The summed E-state index contributed by atoms with van der Waals surface area (Å²) in [6.07, 6.45) is 7.16. The number of aromatic nitrogens is 2. The van der Waals surface area contributed by atoms with Crippen molar-refractivity contribution >= 4 is 5.52 Å². The number of methoxy groups -OCH3 is 1. The molecule has 0 aromatic carbocycles. The van der Waals surface area contributed by atoms with Crippen molar-refractivity contribution in [1.82, 2.24) is 14.9 Å². The highest BCUT2D eigenvalue weighted by Crippen LogP contribution is 2.27. The van der Waals surface area contributed by atoms with E-state index in [9.17, 15) is 0 Å². The van der Waals surface area contributed by atoms with E-state index >= 15 is 0 Å². The molecular weight excluding hydrogens is 262 g/mol. The molecule has 4 heteroatoms. The van der Waals surface area contributed by atoms with Gasteiger partial charge in [0.15, 0.2) is 0 Å². The number of fused-ring (bicyclic) bond motifs is 1. The van der Waals surface area contributed by atoms with Crippen molar-refractivity contribution in [3.05, 3.63) is 36.2 Å². The van der Waals surface area contributed by atoms with Gasteiger partial charge < -0.3 is 10.1 Å². The van der Waals surface area contributed by atoms with E-state index in [1.54, 1.807) is 7.11 Å². The molecule has 21 heavy (non-hydrogen) atoms. The molecule has 1 N–H and O–H groups in total. The molecule has 2 aromatic heterocycles. The van der Waals surface area contributed by atoms with Gasteiger partial charge in [0, 0.05) is 24.9 Å². The Hall–Kier alpha value is -1.39. The van der Waals surface area contributed by atoms with E-state index in [2.05, 4.69) is 43.3 Å². The Labute approximate surface area is 127 Å². The van der Waals surface area contributed by atoms with Crippen molar-refractivity contribution in [2.24, 2.45) is 0 Å². The monoisotopic (exact) mass is 289 g/mol. The molecule has 116 valence electrons. The van der Waals surface area contributed by atoms with Crippen LogP contribution < -0.4 is 5.32 Å².